The largest absolute Gasteiger partial charge is 0.496 e. The highest BCUT2D eigenvalue weighted by Gasteiger charge is 2.11. The van der Waals surface area contributed by atoms with Gasteiger partial charge in [-0.3, -0.25) is 0 Å². The van der Waals surface area contributed by atoms with E-state index in [0.717, 1.165) is 27.3 Å². The van der Waals surface area contributed by atoms with Crippen molar-refractivity contribution in [1.82, 2.24) is 0 Å². The molecule has 1 aromatic carbocycles. The van der Waals surface area contributed by atoms with Crippen LogP contribution in [0.4, 0.5) is 0 Å². The SMILES string of the molecule is COc1csc(C(N)Cc2ccc(OC)c(Br)c2)c1. The Hall–Kier alpha value is -1.04. The van der Waals surface area contributed by atoms with E-state index in [4.69, 9.17) is 15.2 Å². The van der Waals surface area contributed by atoms with Gasteiger partial charge in [-0.05, 0) is 46.1 Å². The van der Waals surface area contributed by atoms with Crippen molar-refractivity contribution in [1.29, 1.82) is 0 Å². The van der Waals surface area contributed by atoms with Crippen molar-refractivity contribution in [3.8, 4) is 11.5 Å². The number of hydrogen-bond acceptors (Lipinski definition) is 4. The van der Waals surface area contributed by atoms with Gasteiger partial charge in [0.15, 0.2) is 0 Å². The molecule has 1 atom stereocenters. The molecule has 3 nitrogen and oxygen atoms in total. The molecule has 0 amide bonds. The first kappa shape index (κ1) is 14.4. The Morgan fingerprint density at radius 2 is 2.05 bits per heavy atom. The molecular formula is C14H16BrNO2S. The van der Waals surface area contributed by atoms with E-state index in [1.54, 1.807) is 25.6 Å². The Bertz CT molecular complexity index is 556. The van der Waals surface area contributed by atoms with Gasteiger partial charge in [0.05, 0.1) is 18.7 Å². The lowest BCUT2D eigenvalue weighted by atomic mass is 10.1. The molecular weight excluding hydrogens is 326 g/mol. The Kier molecular flexibility index (Phi) is 4.85. The van der Waals surface area contributed by atoms with Crippen LogP contribution in [0.1, 0.15) is 16.5 Å². The normalized spacial score (nSPS) is 12.2. The minimum atomic E-state index is -0.0193. The number of halogens is 1. The molecule has 2 aromatic rings. The lowest BCUT2D eigenvalue weighted by Crippen LogP contribution is -2.11. The molecule has 102 valence electrons. The number of benzene rings is 1. The van der Waals surface area contributed by atoms with Crippen LogP contribution in [0.5, 0.6) is 11.5 Å². The van der Waals surface area contributed by atoms with Crippen LogP contribution in [-0.2, 0) is 6.42 Å². The summed E-state index contributed by atoms with van der Waals surface area (Å²) in [6, 6.07) is 8.00. The summed E-state index contributed by atoms with van der Waals surface area (Å²) in [4.78, 5) is 1.13. The van der Waals surface area contributed by atoms with E-state index in [2.05, 4.69) is 15.9 Å². The molecule has 1 heterocycles. The fraction of sp³-hybridized carbons (Fsp3) is 0.286. The van der Waals surface area contributed by atoms with E-state index >= 15 is 0 Å². The topological polar surface area (TPSA) is 44.5 Å². The fourth-order valence-electron chi connectivity index (χ4n) is 1.83. The van der Waals surface area contributed by atoms with Crippen molar-refractivity contribution >= 4 is 27.3 Å². The quantitative estimate of drug-likeness (QED) is 0.900. The first-order valence-corrected chi connectivity index (χ1v) is 7.51. The second kappa shape index (κ2) is 6.41. The monoisotopic (exact) mass is 341 g/mol. The van der Waals surface area contributed by atoms with Gasteiger partial charge in [-0.15, -0.1) is 11.3 Å². The van der Waals surface area contributed by atoms with E-state index in [1.165, 1.54) is 5.56 Å². The van der Waals surface area contributed by atoms with Gasteiger partial charge < -0.3 is 15.2 Å². The van der Waals surface area contributed by atoms with Crippen molar-refractivity contribution in [3.63, 3.8) is 0 Å². The molecule has 0 fully saturated rings. The van der Waals surface area contributed by atoms with Crippen LogP contribution in [0.2, 0.25) is 0 Å². The molecule has 0 aliphatic carbocycles. The molecule has 5 heteroatoms. The summed E-state index contributed by atoms with van der Waals surface area (Å²) in [7, 11) is 3.32. The minimum absolute atomic E-state index is 0.0193. The average molecular weight is 342 g/mol. The Balaban J connectivity index is 2.10. The Morgan fingerprint density at radius 3 is 2.63 bits per heavy atom. The van der Waals surface area contributed by atoms with Crippen LogP contribution in [0, 0.1) is 0 Å². The number of nitrogens with two attached hydrogens (primary N) is 1. The zero-order valence-corrected chi connectivity index (χ0v) is 13.3. The number of thiophene rings is 1. The molecule has 0 radical (unpaired) electrons. The van der Waals surface area contributed by atoms with Crippen LogP contribution < -0.4 is 15.2 Å². The minimum Gasteiger partial charge on any atom is -0.496 e. The lowest BCUT2D eigenvalue weighted by Gasteiger charge is -2.11. The van der Waals surface area contributed by atoms with Crippen LogP contribution in [-0.4, -0.2) is 14.2 Å². The maximum absolute atomic E-state index is 6.22. The van der Waals surface area contributed by atoms with Crippen molar-refractivity contribution in [2.45, 2.75) is 12.5 Å². The average Bonchev–Trinajstić information content (AvgIpc) is 2.88. The van der Waals surface area contributed by atoms with Crippen LogP contribution >= 0.6 is 27.3 Å². The lowest BCUT2D eigenvalue weighted by molar-refractivity contribution is 0.412. The van der Waals surface area contributed by atoms with Gasteiger partial charge in [-0.25, -0.2) is 0 Å². The molecule has 0 saturated carbocycles. The van der Waals surface area contributed by atoms with Crippen molar-refractivity contribution in [3.05, 3.63) is 44.6 Å². The predicted molar refractivity (Wildman–Crippen MR) is 82.2 cm³/mol. The van der Waals surface area contributed by atoms with E-state index in [9.17, 15) is 0 Å². The summed E-state index contributed by atoms with van der Waals surface area (Å²) < 4.78 is 11.3. The highest BCUT2D eigenvalue weighted by atomic mass is 79.9. The van der Waals surface area contributed by atoms with Gasteiger partial charge in [-0.1, -0.05) is 6.07 Å². The van der Waals surface area contributed by atoms with Crippen LogP contribution in [0.3, 0.4) is 0 Å². The number of hydrogen-bond donors (Lipinski definition) is 1. The zero-order chi connectivity index (χ0) is 13.8. The maximum atomic E-state index is 6.22. The standard InChI is InChI=1S/C14H16BrNO2S/c1-17-10-7-14(19-8-10)12(16)6-9-3-4-13(18-2)11(15)5-9/h3-5,7-8,12H,6,16H2,1-2H3. The van der Waals surface area contributed by atoms with Gasteiger partial charge in [0.25, 0.3) is 0 Å². The summed E-state index contributed by atoms with van der Waals surface area (Å²) in [5.74, 6) is 1.70. The van der Waals surface area contributed by atoms with Crippen LogP contribution in [0.15, 0.2) is 34.1 Å². The number of ether oxygens (including phenoxy) is 2. The van der Waals surface area contributed by atoms with E-state index < -0.39 is 0 Å². The van der Waals surface area contributed by atoms with Gasteiger partial charge >= 0.3 is 0 Å². The van der Waals surface area contributed by atoms with Crippen molar-refractivity contribution in [2.75, 3.05) is 14.2 Å². The Labute approximate surface area is 125 Å². The third kappa shape index (κ3) is 3.49. The summed E-state index contributed by atoms with van der Waals surface area (Å²) in [5, 5.41) is 1.97. The molecule has 2 rings (SSSR count). The molecule has 0 aliphatic rings. The second-order valence-electron chi connectivity index (χ2n) is 4.17. The summed E-state index contributed by atoms with van der Waals surface area (Å²) in [6.45, 7) is 0. The van der Waals surface area contributed by atoms with Gasteiger partial charge in [0.2, 0.25) is 0 Å². The van der Waals surface area contributed by atoms with Crippen molar-refractivity contribution < 1.29 is 9.47 Å². The van der Waals surface area contributed by atoms with Gasteiger partial charge in [-0.2, -0.15) is 0 Å². The first-order chi connectivity index (χ1) is 9.13. The summed E-state index contributed by atoms with van der Waals surface area (Å²) >= 11 is 5.11. The molecule has 0 spiro atoms. The molecule has 1 unspecified atom stereocenters. The third-order valence-corrected chi connectivity index (χ3v) is 4.53. The predicted octanol–water partition coefficient (Wildman–Crippen LogP) is 3.77. The molecule has 2 N–H and O–H groups in total. The fourth-order valence-corrected chi connectivity index (χ4v) is 3.27. The highest BCUT2D eigenvalue weighted by Crippen LogP contribution is 2.30. The number of rotatable bonds is 5. The Morgan fingerprint density at radius 1 is 1.26 bits per heavy atom. The smallest absolute Gasteiger partial charge is 0.133 e. The van der Waals surface area contributed by atoms with E-state index in [0.29, 0.717) is 0 Å². The van der Waals surface area contributed by atoms with E-state index in [-0.39, 0.29) is 6.04 Å². The second-order valence-corrected chi connectivity index (χ2v) is 5.97. The molecule has 19 heavy (non-hydrogen) atoms. The summed E-state index contributed by atoms with van der Waals surface area (Å²) in [5.41, 5.74) is 7.40. The summed E-state index contributed by atoms with van der Waals surface area (Å²) in [6.07, 6.45) is 0.784. The van der Waals surface area contributed by atoms with Gasteiger partial charge in [0.1, 0.15) is 11.5 Å². The maximum Gasteiger partial charge on any atom is 0.133 e. The molecule has 0 saturated heterocycles. The van der Waals surface area contributed by atoms with E-state index in [1.807, 2.05) is 29.6 Å². The van der Waals surface area contributed by atoms with Crippen molar-refractivity contribution in [2.24, 2.45) is 5.73 Å². The molecule has 1 aromatic heterocycles. The third-order valence-electron chi connectivity index (χ3n) is 2.87. The van der Waals surface area contributed by atoms with Gasteiger partial charge in [0, 0.05) is 16.3 Å². The first-order valence-electron chi connectivity index (χ1n) is 5.84. The zero-order valence-electron chi connectivity index (χ0n) is 10.9. The van der Waals surface area contributed by atoms with Crippen LogP contribution in [0.25, 0.3) is 0 Å². The number of methoxy groups -OCH3 is 2. The molecule has 0 aliphatic heterocycles. The molecule has 0 bridgehead atoms. The highest BCUT2D eigenvalue weighted by molar-refractivity contribution is 9.10.